The number of rotatable bonds is 6. The van der Waals surface area contributed by atoms with E-state index in [1.807, 2.05) is 77.1 Å². The second-order valence-electron chi connectivity index (χ2n) is 8.28. The second-order valence-corrected chi connectivity index (χ2v) is 8.28. The smallest absolute Gasteiger partial charge is 0.339 e. The number of carbonyl (C=O) groups is 2. The maximum atomic E-state index is 13.1. The first-order chi connectivity index (χ1) is 13.8. The summed E-state index contributed by atoms with van der Waals surface area (Å²) in [6.45, 7) is 10.6. The maximum absolute atomic E-state index is 13.1. The van der Waals surface area contributed by atoms with E-state index in [9.17, 15) is 9.59 Å². The Balaban J connectivity index is 2.31. The molecule has 29 heavy (non-hydrogen) atoms. The van der Waals surface area contributed by atoms with Crippen molar-refractivity contribution in [2.24, 2.45) is 11.8 Å². The van der Waals surface area contributed by atoms with Gasteiger partial charge in [0, 0.05) is 5.39 Å². The molecule has 0 aromatic heterocycles. The summed E-state index contributed by atoms with van der Waals surface area (Å²) in [5.41, 5.74) is 1.93. The van der Waals surface area contributed by atoms with Crippen LogP contribution in [0, 0.1) is 18.8 Å². The first kappa shape index (κ1) is 20.8. The number of aryl methyl sites for hydroxylation is 1. The zero-order valence-corrected chi connectivity index (χ0v) is 17.7. The lowest BCUT2D eigenvalue weighted by molar-refractivity contribution is 0.0452. The minimum atomic E-state index is -0.368. The third-order valence-electron chi connectivity index (χ3n) is 4.76. The lowest BCUT2D eigenvalue weighted by Crippen LogP contribution is -2.15. The third kappa shape index (κ3) is 4.26. The van der Waals surface area contributed by atoms with Gasteiger partial charge in [-0.1, -0.05) is 70.2 Å². The summed E-state index contributed by atoms with van der Waals surface area (Å²) in [5, 5.41) is 2.88. The van der Waals surface area contributed by atoms with Gasteiger partial charge in [0.25, 0.3) is 0 Å². The molecular weight excluding hydrogens is 364 g/mol. The van der Waals surface area contributed by atoms with Gasteiger partial charge >= 0.3 is 11.9 Å². The van der Waals surface area contributed by atoms with Crippen molar-refractivity contribution in [2.75, 3.05) is 13.2 Å². The van der Waals surface area contributed by atoms with E-state index in [4.69, 9.17) is 9.47 Å². The summed E-state index contributed by atoms with van der Waals surface area (Å²) in [5.74, 6) is -0.254. The molecule has 0 saturated carbocycles. The molecule has 0 bridgehead atoms. The molecule has 4 nitrogen and oxygen atoms in total. The highest BCUT2D eigenvalue weighted by Crippen LogP contribution is 2.35. The lowest BCUT2D eigenvalue weighted by Gasteiger charge is -2.18. The fourth-order valence-electron chi connectivity index (χ4n) is 3.47. The van der Waals surface area contributed by atoms with Crippen LogP contribution < -0.4 is 0 Å². The fourth-order valence-corrected chi connectivity index (χ4v) is 3.47. The molecule has 3 aromatic carbocycles. The molecule has 0 heterocycles. The number of hydrogen-bond donors (Lipinski definition) is 0. The summed E-state index contributed by atoms with van der Waals surface area (Å²) in [6.07, 6.45) is 0. The molecule has 0 spiro atoms. The van der Waals surface area contributed by atoms with Crippen LogP contribution in [0.1, 0.15) is 54.0 Å². The molecule has 3 aromatic rings. The molecule has 0 atom stereocenters. The van der Waals surface area contributed by atoms with Crippen LogP contribution in [0.15, 0.2) is 42.5 Å². The van der Waals surface area contributed by atoms with Crippen LogP contribution in [0.2, 0.25) is 0 Å². The Labute approximate surface area is 171 Å². The predicted octanol–water partition coefficient (Wildman–Crippen LogP) is 5.93. The average Bonchev–Trinajstić information content (AvgIpc) is 2.68. The Morgan fingerprint density at radius 3 is 1.76 bits per heavy atom. The van der Waals surface area contributed by atoms with Gasteiger partial charge in [-0.15, -0.1) is 0 Å². The molecule has 3 rings (SSSR count). The molecule has 152 valence electrons. The van der Waals surface area contributed by atoms with Gasteiger partial charge in [0.15, 0.2) is 0 Å². The second kappa shape index (κ2) is 8.64. The molecule has 0 aliphatic carbocycles. The molecule has 0 fully saturated rings. The molecule has 4 heteroatoms. The Morgan fingerprint density at radius 1 is 0.724 bits per heavy atom. The van der Waals surface area contributed by atoms with E-state index in [1.165, 1.54) is 0 Å². The topological polar surface area (TPSA) is 52.6 Å². The van der Waals surface area contributed by atoms with Crippen molar-refractivity contribution in [3.05, 3.63) is 59.2 Å². The van der Waals surface area contributed by atoms with Gasteiger partial charge in [0.05, 0.1) is 24.3 Å². The summed E-state index contributed by atoms with van der Waals surface area (Å²) in [4.78, 5) is 26.1. The van der Waals surface area contributed by atoms with E-state index in [0.717, 1.165) is 10.9 Å². The van der Waals surface area contributed by atoms with E-state index >= 15 is 0 Å². The quantitative estimate of drug-likeness (QED) is 0.385. The van der Waals surface area contributed by atoms with Crippen LogP contribution in [0.5, 0.6) is 0 Å². The fraction of sp³-hybridized carbons (Fsp3) is 0.360. The minimum absolute atomic E-state index is 0.239. The van der Waals surface area contributed by atoms with Gasteiger partial charge in [0.1, 0.15) is 0 Å². The first-order valence-corrected chi connectivity index (χ1v) is 10.1. The van der Waals surface area contributed by atoms with Crippen molar-refractivity contribution >= 4 is 33.5 Å². The van der Waals surface area contributed by atoms with E-state index in [0.29, 0.717) is 40.5 Å². The van der Waals surface area contributed by atoms with Crippen molar-refractivity contribution in [2.45, 2.75) is 34.6 Å². The van der Waals surface area contributed by atoms with Crippen molar-refractivity contribution in [1.29, 1.82) is 0 Å². The number of fused-ring (bicyclic) bond motifs is 2. The van der Waals surface area contributed by atoms with Gasteiger partial charge in [-0.25, -0.2) is 9.59 Å². The first-order valence-electron chi connectivity index (χ1n) is 10.1. The lowest BCUT2D eigenvalue weighted by atomic mass is 9.89. The summed E-state index contributed by atoms with van der Waals surface area (Å²) >= 11 is 0. The van der Waals surface area contributed by atoms with Crippen LogP contribution in [-0.2, 0) is 9.47 Å². The standard InChI is InChI=1S/C25H28O4/c1-15(2)13-28-24(26)22-18-10-6-7-11-19(18)23(25(27)29-14-16(3)4)21-17(5)9-8-12-20(21)22/h6-12,15-16H,13-14H2,1-5H3. The molecular formula is C25H28O4. The number of benzene rings is 3. The highest BCUT2D eigenvalue weighted by atomic mass is 16.5. The number of hydrogen-bond acceptors (Lipinski definition) is 4. The van der Waals surface area contributed by atoms with Crippen LogP contribution in [0.3, 0.4) is 0 Å². The Bertz CT molecular complexity index is 1060. The summed E-state index contributed by atoms with van der Waals surface area (Å²) in [7, 11) is 0. The third-order valence-corrected chi connectivity index (χ3v) is 4.76. The monoisotopic (exact) mass is 392 g/mol. The zero-order valence-electron chi connectivity index (χ0n) is 17.7. The Morgan fingerprint density at radius 2 is 1.21 bits per heavy atom. The summed E-state index contributed by atoms with van der Waals surface area (Å²) in [6, 6.07) is 13.2. The van der Waals surface area contributed by atoms with E-state index in [1.54, 1.807) is 0 Å². The van der Waals surface area contributed by atoms with Crippen LogP contribution in [0.25, 0.3) is 21.5 Å². The van der Waals surface area contributed by atoms with Gasteiger partial charge < -0.3 is 9.47 Å². The Kier molecular flexibility index (Phi) is 6.21. The molecule has 0 aliphatic rings. The van der Waals surface area contributed by atoms with Gasteiger partial charge in [-0.3, -0.25) is 0 Å². The zero-order chi connectivity index (χ0) is 21.1. The largest absolute Gasteiger partial charge is 0.462 e. The highest BCUT2D eigenvalue weighted by molar-refractivity contribution is 6.25. The van der Waals surface area contributed by atoms with E-state index in [-0.39, 0.29) is 23.8 Å². The van der Waals surface area contributed by atoms with Crippen LogP contribution in [0.4, 0.5) is 0 Å². The van der Waals surface area contributed by atoms with Crippen LogP contribution in [-0.4, -0.2) is 25.2 Å². The normalized spacial score (nSPS) is 11.4. The number of ether oxygens (including phenoxy) is 2. The molecule has 0 N–H and O–H groups in total. The van der Waals surface area contributed by atoms with Gasteiger partial charge in [-0.05, 0) is 40.5 Å². The SMILES string of the molecule is Cc1cccc2c(C(=O)OCC(C)C)c3ccccc3c(C(=O)OCC(C)C)c12. The summed E-state index contributed by atoms with van der Waals surface area (Å²) < 4.78 is 11.2. The molecule has 0 radical (unpaired) electrons. The van der Waals surface area contributed by atoms with Crippen molar-refractivity contribution < 1.29 is 19.1 Å². The average molecular weight is 392 g/mol. The van der Waals surface area contributed by atoms with E-state index < -0.39 is 0 Å². The van der Waals surface area contributed by atoms with Gasteiger partial charge in [-0.2, -0.15) is 0 Å². The minimum Gasteiger partial charge on any atom is -0.462 e. The van der Waals surface area contributed by atoms with Crippen LogP contribution >= 0.6 is 0 Å². The highest BCUT2D eigenvalue weighted by Gasteiger charge is 2.25. The predicted molar refractivity (Wildman–Crippen MR) is 116 cm³/mol. The van der Waals surface area contributed by atoms with Crippen molar-refractivity contribution in [3.8, 4) is 0 Å². The Hall–Kier alpha value is -2.88. The number of esters is 2. The molecule has 0 amide bonds. The van der Waals surface area contributed by atoms with Crippen molar-refractivity contribution in [1.82, 2.24) is 0 Å². The molecule has 0 aliphatic heterocycles. The molecule has 0 unspecified atom stereocenters. The van der Waals surface area contributed by atoms with Crippen molar-refractivity contribution in [3.63, 3.8) is 0 Å². The molecule has 0 saturated heterocycles. The van der Waals surface area contributed by atoms with Gasteiger partial charge in [0.2, 0.25) is 0 Å². The van der Waals surface area contributed by atoms with E-state index in [2.05, 4.69) is 0 Å². The maximum Gasteiger partial charge on any atom is 0.339 e. The number of carbonyl (C=O) groups excluding carboxylic acids is 2.